The summed E-state index contributed by atoms with van der Waals surface area (Å²) >= 11 is 1.96. The van der Waals surface area contributed by atoms with Crippen molar-refractivity contribution in [1.29, 1.82) is 0 Å². The Kier molecular flexibility index (Phi) is 2.26. The van der Waals surface area contributed by atoms with Gasteiger partial charge in [-0.15, -0.1) is 11.3 Å². The third kappa shape index (κ3) is 1.48. The summed E-state index contributed by atoms with van der Waals surface area (Å²) in [6, 6.07) is 8.76. The van der Waals surface area contributed by atoms with E-state index in [-0.39, 0.29) is 0 Å². The smallest absolute Gasteiger partial charge is 0.0348 e. The molecule has 3 rings (SSSR count). The van der Waals surface area contributed by atoms with Crippen LogP contribution in [0.2, 0.25) is 0 Å². The summed E-state index contributed by atoms with van der Waals surface area (Å²) in [4.78, 5) is 1.58. The number of fused-ring (bicyclic) bond motifs is 3. The Morgan fingerprint density at radius 1 is 1.33 bits per heavy atom. The van der Waals surface area contributed by atoms with Gasteiger partial charge in [-0.05, 0) is 48.7 Å². The van der Waals surface area contributed by atoms with Crippen molar-refractivity contribution in [1.82, 2.24) is 0 Å². The lowest BCUT2D eigenvalue weighted by atomic mass is 9.88. The molecule has 0 bridgehead atoms. The van der Waals surface area contributed by atoms with E-state index >= 15 is 0 Å². The first kappa shape index (κ1) is 9.37. The second-order valence-electron chi connectivity index (χ2n) is 4.34. The average molecular weight is 217 g/mol. The maximum atomic E-state index is 5.76. The molecule has 1 aromatic heterocycles. The lowest BCUT2D eigenvalue weighted by Crippen LogP contribution is -2.20. The van der Waals surface area contributed by atoms with Crippen LogP contribution in [0.1, 0.15) is 16.9 Å². The van der Waals surface area contributed by atoms with Gasteiger partial charge in [-0.2, -0.15) is 0 Å². The van der Waals surface area contributed by atoms with Crippen LogP contribution in [0, 0.1) is 5.92 Å². The Hall–Kier alpha value is -0.860. The molecule has 0 amide bonds. The number of aryl methyl sites for hydroxylation is 1. The first-order valence-corrected chi connectivity index (χ1v) is 6.39. The fourth-order valence-corrected chi connectivity index (χ4v) is 3.87. The van der Waals surface area contributed by atoms with Crippen molar-refractivity contribution >= 4 is 21.4 Å². The topological polar surface area (TPSA) is 26.0 Å². The number of thiophene rings is 1. The van der Waals surface area contributed by atoms with Gasteiger partial charge in [-0.3, -0.25) is 0 Å². The zero-order valence-corrected chi connectivity index (χ0v) is 9.52. The van der Waals surface area contributed by atoms with E-state index in [1.54, 1.807) is 10.4 Å². The minimum absolute atomic E-state index is 0.713. The number of nitrogens with two attached hydrogens (primary N) is 1. The van der Waals surface area contributed by atoms with Gasteiger partial charge in [-0.1, -0.05) is 18.2 Å². The summed E-state index contributed by atoms with van der Waals surface area (Å²) in [5, 5.41) is 1.48. The van der Waals surface area contributed by atoms with Crippen molar-refractivity contribution in [3.63, 3.8) is 0 Å². The minimum Gasteiger partial charge on any atom is -0.330 e. The fraction of sp³-hybridized carbons (Fsp3) is 0.385. The summed E-state index contributed by atoms with van der Waals surface area (Å²) in [6.07, 6.45) is 3.69. The van der Waals surface area contributed by atoms with Crippen LogP contribution < -0.4 is 5.73 Å². The molecule has 2 aromatic rings. The largest absolute Gasteiger partial charge is 0.330 e. The molecule has 0 saturated heterocycles. The molecule has 1 aromatic carbocycles. The summed E-state index contributed by atoms with van der Waals surface area (Å²) in [5.41, 5.74) is 7.36. The van der Waals surface area contributed by atoms with Gasteiger partial charge in [0.05, 0.1) is 0 Å². The molecule has 0 spiro atoms. The lowest BCUT2D eigenvalue weighted by Gasteiger charge is -2.20. The molecular weight excluding hydrogens is 202 g/mol. The molecule has 1 atom stereocenters. The molecular formula is C13H15NS. The maximum Gasteiger partial charge on any atom is 0.0348 e. The van der Waals surface area contributed by atoms with E-state index in [4.69, 9.17) is 5.73 Å². The average Bonchev–Trinajstić information content (AvgIpc) is 2.66. The number of rotatable bonds is 1. The summed E-state index contributed by atoms with van der Waals surface area (Å²) < 4.78 is 1.44. The maximum absolute atomic E-state index is 5.76. The van der Waals surface area contributed by atoms with E-state index in [1.165, 1.54) is 29.3 Å². The second kappa shape index (κ2) is 3.62. The van der Waals surface area contributed by atoms with Crippen LogP contribution in [0.3, 0.4) is 0 Å². The zero-order valence-electron chi connectivity index (χ0n) is 8.70. The third-order valence-electron chi connectivity index (χ3n) is 3.39. The molecule has 0 fully saturated rings. The van der Waals surface area contributed by atoms with E-state index < -0.39 is 0 Å². The monoisotopic (exact) mass is 217 g/mol. The Morgan fingerprint density at radius 3 is 3.07 bits per heavy atom. The van der Waals surface area contributed by atoms with Crippen LogP contribution >= 0.6 is 11.3 Å². The second-order valence-corrected chi connectivity index (χ2v) is 5.48. The van der Waals surface area contributed by atoms with Crippen molar-refractivity contribution < 1.29 is 0 Å². The highest BCUT2D eigenvalue weighted by Gasteiger charge is 2.21. The normalized spacial score (nSPS) is 20.5. The van der Waals surface area contributed by atoms with Gasteiger partial charge in [0.2, 0.25) is 0 Å². The molecule has 2 N–H and O–H groups in total. The Labute approximate surface area is 93.9 Å². The number of hydrogen-bond donors (Lipinski definition) is 1. The summed E-state index contributed by atoms with van der Waals surface area (Å²) in [7, 11) is 0. The number of hydrogen-bond acceptors (Lipinski definition) is 2. The Bertz CT molecular complexity index is 486. The van der Waals surface area contributed by atoms with E-state index in [0.29, 0.717) is 5.92 Å². The van der Waals surface area contributed by atoms with Crippen LogP contribution in [0.4, 0.5) is 0 Å². The molecule has 15 heavy (non-hydrogen) atoms. The molecule has 78 valence electrons. The van der Waals surface area contributed by atoms with Crippen molar-refractivity contribution in [2.45, 2.75) is 19.3 Å². The van der Waals surface area contributed by atoms with Gasteiger partial charge < -0.3 is 5.73 Å². The van der Waals surface area contributed by atoms with E-state index in [2.05, 4.69) is 24.3 Å². The van der Waals surface area contributed by atoms with Gasteiger partial charge in [0.1, 0.15) is 0 Å². The van der Waals surface area contributed by atoms with E-state index in [1.807, 2.05) is 11.3 Å². The minimum atomic E-state index is 0.713. The van der Waals surface area contributed by atoms with Crippen LogP contribution in [-0.2, 0) is 12.8 Å². The summed E-state index contributed by atoms with van der Waals surface area (Å²) in [5.74, 6) is 0.713. The fourth-order valence-electron chi connectivity index (χ4n) is 2.50. The summed E-state index contributed by atoms with van der Waals surface area (Å²) in [6.45, 7) is 0.841. The zero-order chi connectivity index (χ0) is 10.3. The quantitative estimate of drug-likeness (QED) is 0.781. The SMILES string of the molecule is NC[C@@H]1CCc2c(sc3ccccc23)C1. The highest BCUT2D eigenvalue weighted by atomic mass is 32.1. The molecule has 0 saturated carbocycles. The Balaban J connectivity index is 2.12. The first-order chi connectivity index (χ1) is 7.38. The predicted octanol–water partition coefficient (Wildman–Crippen LogP) is 2.96. The number of benzene rings is 1. The van der Waals surface area contributed by atoms with E-state index in [0.717, 1.165) is 6.54 Å². The molecule has 1 nitrogen and oxygen atoms in total. The third-order valence-corrected chi connectivity index (χ3v) is 4.63. The first-order valence-electron chi connectivity index (χ1n) is 5.58. The van der Waals surface area contributed by atoms with Crippen LogP contribution in [-0.4, -0.2) is 6.54 Å². The van der Waals surface area contributed by atoms with Crippen molar-refractivity contribution in [3.8, 4) is 0 Å². The standard InChI is InChI=1S/C13H15NS/c14-8-9-5-6-11-10-3-1-2-4-12(10)15-13(11)7-9/h1-4,9H,5-8,14H2/t9-/m1/s1. The van der Waals surface area contributed by atoms with Crippen LogP contribution in [0.25, 0.3) is 10.1 Å². The van der Waals surface area contributed by atoms with E-state index in [9.17, 15) is 0 Å². The van der Waals surface area contributed by atoms with Crippen molar-refractivity contribution in [3.05, 3.63) is 34.7 Å². The van der Waals surface area contributed by atoms with Gasteiger partial charge >= 0.3 is 0 Å². The van der Waals surface area contributed by atoms with Crippen LogP contribution in [0.15, 0.2) is 24.3 Å². The van der Waals surface area contributed by atoms with Crippen molar-refractivity contribution in [2.24, 2.45) is 11.7 Å². The molecule has 1 aliphatic carbocycles. The molecule has 0 aliphatic heterocycles. The Morgan fingerprint density at radius 2 is 2.20 bits per heavy atom. The highest BCUT2D eigenvalue weighted by molar-refractivity contribution is 7.19. The molecule has 1 aliphatic rings. The predicted molar refractivity (Wildman–Crippen MR) is 66.4 cm³/mol. The lowest BCUT2D eigenvalue weighted by molar-refractivity contribution is 0.476. The molecule has 0 unspecified atom stereocenters. The van der Waals surface area contributed by atoms with Gasteiger partial charge in [-0.25, -0.2) is 0 Å². The van der Waals surface area contributed by atoms with Crippen LogP contribution in [0.5, 0.6) is 0 Å². The highest BCUT2D eigenvalue weighted by Crippen LogP contribution is 2.37. The van der Waals surface area contributed by atoms with Gasteiger partial charge in [0.25, 0.3) is 0 Å². The van der Waals surface area contributed by atoms with Gasteiger partial charge in [0.15, 0.2) is 0 Å². The van der Waals surface area contributed by atoms with Gasteiger partial charge in [0, 0.05) is 9.58 Å². The van der Waals surface area contributed by atoms with Crippen molar-refractivity contribution in [2.75, 3.05) is 6.54 Å². The molecule has 1 heterocycles. The molecule has 0 radical (unpaired) electrons. The molecule has 2 heteroatoms.